The number of unbranched alkanes of at least 4 members (excludes halogenated alkanes) is 7. The van der Waals surface area contributed by atoms with Gasteiger partial charge >= 0.3 is 17.9 Å². The van der Waals surface area contributed by atoms with Crippen molar-refractivity contribution >= 4 is 17.9 Å². The zero-order valence-corrected chi connectivity index (χ0v) is 22.8. The van der Waals surface area contributed by atoms with Gasteiger partial charge in [0.1, 0.15) is 6.54 Å². The molecule has 1 aromatic heterocycles. The number of aliphatic carboxylic acids is 1. The van der Waals surface area contributed by atoms with Crippen LogP contribution in [0.5, 0.6) is 0 Å². The Kier molecular flexibility index (Phi) is 12.9. The van der Waals surface area contributed by atoms with Crippen LogP contribution in [0.3, 0.4) is 0 Å². The van der Waals surface area contributed by atoms with Crippen molar-refractivity contribution in [3.8, 4) is 0 Å². The number of esters is 2. The van der Waals surface area contributed by atoms with E-state index in [1.807, 2.05) is 38.4 Å². The van der Waals surface area contributed by atoms with Gasteiger partial charge in [0.05, 0.1) is 30.3 Å². The normalized spacial score (nSPS) is 13.9. The molecule has 37 heavy (non-hydrogen) atoms. The minimum absolute atomic E-state index is 0.249. The number of allylic oxidation sites excluding steroid dienone is 2. The summed E-state index contributed by atoms with van der Waals surface area (Å²) in [7, 11) is 0. The summed E-state index contributed by atoms with van der Waals surface area (Å²) in [5.74, 6) is -2.15. The van der Waals surface area contributed by atoms with Crippen molar-refractivity contribution in [2.45, 2.75) is 97.9 Å². The average Bonchev–Trinajstić information content (AvgIpc) is 2.85. The Morgan fingerprint density at radius 1 is 0.811 bits per heavy atom. The maximum absolute atomic E-state index is 12.9. The predicted molar refractivity (Wildman–Crippen MR) is 140 cm³/mol. The van der Waals surface area contributed by atoms with Gasteiger partial charge < -0.3 is 19.9 Å². The van der Waals surface area contributed by atoms with Crippen LogP contribution >= 0.6 is 0 Å². The molecule has 0 amide bonds. The maximum atomic E-state index is 12.9. The van der Waals surface area contributed by atoms with Crippen LogP contribution in [-0.4, -0.2) is 36.2 Å². The van der Waals surface area contributed by atoms with Gasteiger partial charge in [0.25, 0.3) is 0 Å². The molecule has 204 valence electrons. The van der Waals surface area contributed by atoms with Gasteiger partial charge in [-0.25, -0.2) is 14.2 Å². The molecule has 0 spiro atoms. The largest absolute Gasteiger partial charge is 0.481 e. The number of nitrogens with zero attached hydrogens (tertiary/aromatic N) is 1. The molecular weight excluding hydrogens is 472 g/mol. The summed E-state index contributed by atoms with van der Waals surface area (Å²) in [6.07, 6.45) is 12.8. The van der Waals surface area contributed by atoms with Crippen LogP contribution in [0.15, 0.2) is 47.1 Å². The quantitative estimate of drug-likeness (QED) is 0.183. The first-order chi connectivity index (χ1) is 17.8. The van der Waals surface area contributed by atoms with Crippen LogP contribution in [0, 0.1) is 0 Å². The Bertz CT molecular complexity index is 941. The van der Waals surface area contributed by atoms with Gasteiger partial charge in [0, 0.05) is 36.4 Å². The van der Waals surface area contributed by atoms with E-state index in [4.69, 9.17) is 14.6 Å². The molecule has 0 aliphatic carbocycles. The maximum Gasteiger partial charge on any atom is 0.336 e. The molecule has 0 bridgehead atoms. The number of aromatic nitrogens is 1. The number of carboxylic acids is 1. The fourth-order valence-corrected chi connectivity index (χ4v) is 4.73. The lowest BCUT2D eigenvalue weighted by Gasteiger charge is -2.30. The van der Waals surface area contributed by atoms with Crippen LogP contribution in [0.1, 0.15) is 97.0 Å². The van der Waals surface area contributed by atoms with Gasteiger partial charge in [-0.2, -0.15) is 0 Å². The van der Waals surface area contributed by atoms with Crippen molar-refractivity contribution in [2.24, 2.45) is 0 Å². The molecule has 0 aromatic carbocycles. The Labute approximate surface area is 220 Å². The number of pyridine rings is 1. The van der Waals surface area contributed by atoms with Gasteiger partial charge in [-0.05, 0) is 46.1 Å². The topological polar surface area (TPSA) is 106 Å². The highest BCUT2D eigenvalue weighted by Crippen LogP contribution is 2.38. The zero-order valence-electron chi connectivity index (χ0n) is 22.8. The second-order valence-electron chi connectivity index (χ2n) is 9.42. The molecule has 1 aliphatic rings. The van der Waals surface area contributed by atoms with E-state index in [1.54, 1.807) is 13.8 Å². The van der Waals surface area contributed by atoms with Crippen molar-refractivity contribution in [1.29, 1.82) is 0 Å². The van der Waals surface area contributed by atoms with E-state index in [2.05, 4.69) is 9.88 Å². The lowest BCUT2D eigenvalue weighted by atomic mass is 9.80. The van der Waals surface area contributed by atoms with Crippen LogP contribution in [0.25, 0.3) is 0 Å². The Balaban J connectivity index is 2.00. The number of carboxylic acid groups (broad SMARTS) is 1. The van der Waals surface area contributed by atoms with Gasteiger partial charge in [-0.3, -0.25) is 4.79 Å². The molecule has 0 saturated heterocycles. The van der Waals surface area contributed by atoms with Crippen LogP contribution < -0.4 is 9.88 Å². The SMILES string of the molecule is CCOC(=O)C1=C(C)NC(C)=C(C(=O)OCC)C1c1cc[n+](CCCCCCCCCCC(=O)O)cc1. The third-order valence-corrected chi connectivity index (χ3v) is 6.56. The van der Waals surface area contributed by atoms with Gasteiger partial charge in [0.15, 0.2) is 12.4 Å². The molecule has 8 nitrogen and oxygen atoms in total. The van der Waals surface area contributed by atoms with E-state index in [0.717, 1.165) is 50.6 Å². The van der Waals surface area contributed by atoms with E-state index < -0.39 is 23.8 Å². The van der Waals surface area contributed by atoms with Crippen molar-refractivity contribution in [3.05, 3.63) is 52.6 Å². The molecule has 0 unspecified atom stereocenters. The second kappa shape index (κ2) is 15.8. The molecule has 0 atom stereocenters. The number of aryl methyl sites for hydroxylation is 1. The summed E-state index contributed by atoms with van der Waals surface area (Å²) in [6.45, 7) is 8.57. The molecule has 0 saturated carbocycles. The molecular formula is C29H43N2O6+. The van der Waals surface area contributed by atoms with E-state index >= 15 is 0 Å². The molecule has 0 radical (unpaired) electrons. The fraction of sp³-hybridized carbons (Fsp3) is 0.586. The lowest BCUT2D eigenvalue weighted by Crippen LogP contribution is -2.35. The number of ether oxygens (including phenoxy) is 2. The number of carbonyl (C=O) groups is 3. The first-order valence-electron chi connectivity index (χ1n) is 13.5. The minimum Gasteiger partial charge on any atom is -0.481 e. The summed E-state index contributed by atoms with van der Waals surface area (Å²) in [6, 6.07) is 3.93. The molecule has 0 fully saturated rings. The van der Waals surface area contributed by atoms with E-state index in [0.29, 0.717) is 22.5 Å². The number of carbonyl (C=O) groups excluding carboxylic acids is 2. The molecule has 2 heterocycles. The molecule has 1 aliphatic heterocycles. The third-order valence-electron chi connectivity index (χ3n) is 6.56. The third kappa shape index (κ3) is 9.34. The highest BCUT2D eigenvalue weighted by molar-refractivity contribution is 5.99. The predicted octanol–water partition coefficient (Wildman–Crippen LogP) is 4.93. The number of rotatable bonds is 16. The summed E-state index contributed by atoms with van der Waals surface area (Å²) >= 11 is 0. The van der Waals surface area contributed by atoms with Crippen molar-refractivity contribution in [1.82, 2.24) is 5.32 Å². The number of nitrogens with one attached hydrogen (secondary N) is 1. The van der Waals surface area contributed by atoms with Crippen molar-refractivity contribution in [3.63, 3.8) is 0 Å². The first kappa shape index (κ1) is 30.1. The van der Waals surface area contributed by atoms with Crippen molar-refractivity contribution < 1.29 is 33.5 Å². The molecule has 2 rings (SSSR count). The first-order valence-corrected chi connectivity index (χ1v) is 13.5. The Morgan fingerprint density at radius 2 is 1.27 bits per heavy atom. The summed E-state index contributed by atoms with van der Waals surface area (Å²) in [4.78, 5) is 36.3. The number of hydrogen-bond acceptors (Lipinski definition) is 6. The second-order valence-corrected chi connectivity index (χ2v) is 9.42. The molecule has 1 aromatic rings. The van der Waals surface area contributed by atoms with E-state index in [-0.39, 0.29) is 19.6 Å². The van der Waals surface area contributed by atoms with Gasteiger partial charge in [-0.15, -0.1) is 0 Å². The lowest BCUT2D eigenvalue weighted by molar-refractivity contribution is -0.697. The fourth-order valence-electron chi connectivity index (χ4n) is 4.73. The molecule has 8 heteroatoms. The zero-order chi connectivity index (χ0) is 27.2. The summed E-state index contributed by atoms with van der Waals surface area (Å²) < 4.78 is 12.8. The van der Waals surface area contributed by atoms with Gasteiger partial charge in [0.2, 0.25) is 0 Å². The minimum atomic E-state index is -0.710. The smallest absolute Gasteiger partial charge is 0.336 e. The Morgan fingerprint density at radius 3 is 1.73 bits per heavy atom. The number of hydrogen-bond donors (Lipinski definition) is 2. The Hall–Kier alpha value is -3.16. The highest BCUT2D eigenvalue weighted by Gasteiger charge is 2.38. The highest BCUT2D eigenvalue weighted by atomic mass is 16.5. The van der Waals surface area contributed by atoms with E-state index in [9.17, 15) is 14.4 Å². The summed E-state index contributed by atoms with van der Waals surface area (Å²) in [5.41, 5.74) is 3.04. The van der Waals surface area contributed by atoms with Gasteiger partial charge in [-0.1, -0.05) is 32.1 Å². The number of dihydropyridines is 1. The summed E-state index contributed by atoms with van der Waals surface area (Å²) in [5, 5.41) is 11.8. The van der Waals surface area contributed by atoms with Crippen LogP contribution in [-0.2, 0) is 30.4 Å². The van der Waals surface area contributed by atoms with E-state index in [1.165, 1.54) is 12.8 Å². The standard InChI is InChI=1S/C29H42N2O6/c1-5-36-28(34)25-21(3)30-22(4)26(29(35)37-6-2)27(25)23-16-19-31(20-17-23)18-14-12-10-8-7-9-11-13-15-24(32)33/h16-17,19-20,27H,5-15,18H2,1-4H3,(H-,30,32,33,34,35)/p+1. The molecule has 2 N–H and O–H groups in total. The average molecular weight is 516 g/mol. The van der Waals surface area contributed by atoms with Crippen LogP contribution in [0.4, 0.5) is 0 Å². The monoisotopic (exact) mass is 515 g/mol. The van der Waals surface area contributed by atoms with Crippen LogP contribution in [0.2, 0.25) is 0 Å². The van der Waals surface area contributed by atoms with Crippen molar-refractivity contribution in [2.75, 3.05) is 13.2 Å².